The highest BCUT2D eigenvalue weighted by Crippen LogP contribution is 2.04. The van der Waals surface area contributed by atoms with Crippen molar-refractivity contribution in [2.45, 2.75) is 39.0 Å². The Kier molecular flexibility index (Phi) is 6.69. The summed E-state index contributed by atoms with van der Waals surface area (Å²) in [5, 5.41) is 0. The fourth-order valence-electron chi connectivity index (χ4n) is 0.994. The number of rotatable bonds is 8. The Morgan fingerprint density at radius 2 is 1.79 bits per heavy atom. The number of hydrogen-bond acceptors (Lipinski definition) is 4. The van der Waals surface area contributed by atoms with Gasteiger partial charge >= 0.3 is 10.4 Å². The number of Topliss-reactive ketones (excluding diaryl/α,β-unsaturated/α-hetero) is 1. The van der Waals surface area contributed by atoms with Crippen molar-refractivity contribution in [1.29, 1.82) is 0 Å². The Morgan fingerprint density at radius 3 is 2.29 bits per heavy atom. The summed E-state index contributed by atoms with van der Waals surface area (Å²) in [7, 11) is -4.28. The normalized spacial score (nSPS) is 11.6. The summed E-state index contributed by atoms with van der Waals surface area (Å²) in [6.45, 7) is 1.54. The molecule has 0 amide bonds. The summed E-state index contributed by atoms with van der Waals surface area (Å²) in [6, 6.07) is 0. The maximum Gasteiger partial charge on any atom is 0.397 e. The van der Waals surface area contributed by atoms with Gasteiger partial charge in [-0.15, -0.1) is 0 Å². The van der Waals surface area contributed by atoms with Gasteiger partial charge in [0.2, 0.25) is 0 Å². The first kappa shape index (κ1) is 13.5. The van der Waals surface area contributed by atoms with Gasteiger partial charge in [-0.3, -0.25) is 4.55 Å². The molecule has 0 heterocycles. The van der Waals surface area contributed by atoms with Crippen molar-refractivity contribution in [1.82, 2.24) is 0 Å². The van der Waals surface area contributed by atoms with Crippen LogP contribution in [0.1, 0.15) is 39.0 Å². The Labute approximate surface area is 84.4 Å². The van der Waals surface area contributed by atoms with Crippen LogP contribution in [0.15, 0.2) is 0 Å². The number of carbonyl (C=O) groups excluding carboxylic acids is 1. The zero-order valence-electron chi connectivity index (χ0n) is 8.23. The second-order valence-electron chi connectivity index (χ2n) is 3.12. The van der Waals surface area contributed by atoms with Crippen LogP contribution in [0.25, 0.3) is 0 Å². The van der Waals surface area contributed by atoms with Crippen LogP contribution in [-0.2, 0) is 19.4 Å². The van der Waals surface area contributed by atoms with Crippen LogP contribution in [0.5, 0.6) is 0 Å². The Bertz CT molecular complexity index is 257. The van der Waals surface area contributed by atoms with E-state index in [1.807, 2.05) is 0 Å². The van der Waals surface area contributed by atoms with Gasteiger partial charge in [-0.1, -0.05) is 12.8 Å². The molecule has 0 spiro atoms. The standard InChI is InChI=1S/C8H16O5S/c1-8(9)6-4-2-3-5-7-13-14(10,11)12/h2-7H2,1H3,(H,10,11,12). The summed E-state index contributed by atoms with van der Waals surface area (Å²) < 4.78 is 32.5. The molecule has 0 bridgehead atoms. The fraction of sp³-hybridized carbons (Fsp3) is 0.875. The summed E-state index contributed by atoms with van der Waals surface area (Å²) in [4.78, 5) is 10.5. The number of carbonyl (C=O) groups is 1. The van der Waals surface area contributed by atoms with E-state index in [1.165, 1.54) is 0 Å². The molecule has 84 valence electrons. The van der Waals surface area contributed by atoms with Gasteiger partial charge in [-0.25, -0.2) is 4.18 Å². The summed E-state index contributed by atoms with van der Waals surface area (Å²) in [5.41, 5.74) is 0. The monoisotopic (exact) mass is 224 g/mol. The molecule has 0 rings (SSSR count). The third-order valence-corrected chi connectivity index (χ3v) is 2.12. The van der Waals surface area contributed by atoms with Crippen molar-refractivity contribution >= 4 is 16.2 Å². The van der Waals surface area contributed by atoms with Crippen LogP contribution in [-0.4, -0.2) is 25.4 Å². The number of hydrogen-bond donors (Lipinski definition) is 1. The second-order valence-corrected chi connectivity index (χ2v) is 4.21. The minimum Gasteiger partial charge on any atom is -0.300 e. The quantitative estimate of drug-likeness (QED) is 0.497. The lowest BCUT2D eigenvalue weighted by Gasteiger charge is -1.99. The molecule has 14 heavy (non-hydrogen) atoms. The SMILES string of the molecule is CC(=O)CCCCCCOS(=O)(=O)O. The summed E-state index contributed by atoms with van der Waals surface area (Å²) >= 11 is 0. The van der Waals surface area contributed by atoms with Crippen LogP contribution < -0.4 is 0 Å². The lowest BCUT2D eigenvalue weighted by Crippen LogP contribution is -2.04. The lowest BCUT2D eigenvalue weighted by atomic mass is 10.1. The molecule has 5 nitrogen and oxygen atoms in total. The molecule has 6 heteroatoms. The van der Waals surface area contributed by atoms with E-state index in [-0.39, 0.29) is 12.4 Å². The van der Waals surface area contributed by atoms with E-state index in [2.05, 4.69) is 4.18 Å². The molecule has 0 aromatic rings. The van der Waals surface area contributed by atoms with Crippen molar-refractivity contribution < 1.29 is 21.9 Å². The molecule has 0 aromatic heterocycles. The molecule has 0 fully saturated rings. The van der Waals surface area contributed by atoms with Gasteiger partial charge in [0.25, 0.3) is 0 Å². The molecule has 0 aliphatic heterocycles. The maximum atomic E-state index is 10.5. The van der Waals surface area contributed by atoms with Crippen LogP contribution in [0.2, 0.25) is 0 Å². The molecule has 1 N–H and O–H groups in total. The van der Waals surface area contributed by atoms with Gasteiger partial charge in [-0.05, 0) is 19.8 Å². The van der Waals surface area contributed by atoms with Gasteiger partial charge in [0.15, 0.2) is 0 Å². The first-order valence-electron chi connectivity index (χ1n) is 4.53. The predicted molar refractivity (Wildman–Crippen MR) is 51.3 cm³/mol. The first-order valence-corrected chi connectivity index (χ1v) is 5.89. The van der Waals surface area contributed by atoms with Gasteiger partial charge in [0, 0.05) is 6.42 Å². The topological polar surface area (TPSA) is 80.7 Å². The zero-order chi connectivity index (χ0) is 11.0. The van der Waals surface area contributed by atoms with Gasteiger partial charge in [0.1, 0.15) is 5.78 Å². The molecule has 0 atom stereocenters. The number of unbranched alkanes of at least 4 members (excludes halogenated alkanes) is 3. The van der Waals surface area contributed by atoms with Crippen LogP contribution in [0.3, 0.4) is 0 Å². The first-order chi connectivity index (χ1) is 6.42. The van der Waals surface area contributed by atoms with E-state index in [0.717, 1.165) is 19.3 Å². The third kappa shape index (κ3) is 11.5. The van der Waals surface area contributed by atoms with Crippen molar-refractivity contribution in [3.63, 3.8) is 0 Å². The fourth-order valence-corrected chi connectivity index (χ4v) is 1.32. The molecular weight excluding hydrogens is 208 g/mol. The Balaban J connectivity index is 3.19. The summed E-state index contributed by atoms with van der Waals surface area (Å²) in [5.74, 6) is 0.166. The molecule has 0 saturated carbocycles. The molecular formula is C8H16O5S. The lowest BCUT2D eigenvalue weighted by molar-refractivity contribution is -0.117. The van der Waals surface area contributed by atoms with Crippen LogP contribution in [0.4, 0.5) is 0 Å². The van der Waals surface area contributed by atoms with E-state index in [4.69, 9.17) is 4.55 Å². The smallest absolute Gasteiger partial charge is 0.300 e. The van der Waals surface area contributed by atoms with Crippen molar-refractivity contribution in [3.8, 4) is 0 Å². The van der Waals surface area contributed by atoms with E-state index in [1.54, 1.807) is 6.92 Å². The van der Waals surface area contributed by atoms with E-state index in [9.17, 15) is 13.2 Å². The predicted octanol–water partition coefficient (Wildman–Crippen LogP) is 1.35. The minimum atomic E-state index is -4.28. The molecule has 0 aromatic carbocycles. The molecule has 0 aliphatic rings. The van der Waals surface area contributed by atoms with Crippen molar-refractivity contribution in [2.75, 3.05) is 6.61 Å². The van der Waals surface area contributed by atoms with E-state index in [0.29, 0.717) is 12.8 Å². The Hall–Kier alpha value is -0.460. The third-order valence-electron chi connectivity index (χ3n) is 1.66. The Morgan fingerprint density at radius 1 is 1.21 bits per heavy atom. The van der Waals surface area contributed by atoms with Gasteiger partial charge in [-0.2, -0.15) is 8.42 Å². The minimum absolute atomic E-state index is 0.00109. The van der Waals surface area contributed by atoms with Gasteiger partial charge in [0.05, 0.1) is 6.61 Å². The van der Waals surface area contributed by atoms with Crippen molar-refractivity contribution in [3.05, 3.63) is 0 Å². The maximum absolute atomic E-state index is 10.5. The highest BCUT2D eigenvalue weighted by atomic mass is 32.3. The zero-order valence-corrected chi connectivity index (χ0v) is 9.05. The van der Waals surface area contributed by atoms with Gasteiger partial charge < -0.3 is 4.79 Å². The second kappa shape index (κ2) is 6.92. The average Bonchev–Trinajstić information content (AvgIpc) is 2.00. The molecule has 0 saturated heterocycles. The van der Waals surface area contributed by atoms with Crippen LogP contribution >= 0.6 is 0 Å². The highest BCUT2D eigenvalue weighted by Gasteiger charge is 2.02. The molecule has 0 unspecified atom stereocenters. The summed E-state index contributed by atoms with van der Waals surface area (Å²) in [6.07, 6.45) is 3.62. The largest absolute Gasteiger partial charge is 0.397 e. The van der Waals surface area contributed by atoms with E-state index < -0.39 is 10.4 Å². The molecule has 0 radical (unpaired) electrons. The highest BCUT2D eigenvalue weighted by molar-refractivity contribution is 7.80. The molecule has 0 aliphatic carbocycles. The number of ketones is 1. The average molecular weight is 224 g/mol. The van der Waals surface area contributed by atoms with Crippen molar-refractivity contribution in [2.24, 2.45) is 0 Å². The van der Waals surface area contributed by atoms with Crippen LogP contribution in [0, 0.1) is 0 Å². The van der Waals surface area contributed by atoms with E-state index >= 15 is 0 Å².